The Morgan fingerprint density at radius 2 is 1.91 bits per heavy atom. The van der Waals surface area contributed by atoms with E-state index < -0.39 is 12.1 Å². The Bertz CT molecular complexity index is 1160. The third-order valence-electron chi connectivity index (χ3n) is 6.06. The number of hydrogen-bond donors (Lipinski definition) is 3. The first-order valence-electron chi connectivity index (χ1n) is 12.2. The van der Waals surface area contributed by atoms with Crippen molar-refractivity contribution in [3.05, 3.63) is 65.7 Å². The quantitative estimate of drug-likeness (QED) is 0.446. The molecule has 0 bridgehead atoms. The maximum absolute atomic E-state index is 13.1. The smallest absolute Gasteiger partial charge is 0.315 e. The van der Waals surface area contributed by atoms with Gasteiger partial charge in [-0.15, -0.1) is 10.2 Å². The van der Waals surface area contributed by atoms with E-state index in [2.05, 4.69) is 30.7 Å². The molecule has 2 aromatic carbocycles. The van der Waals surface area contributed by atoms with E-state index in [1.54, 1.807) is 12.1 Å². The molecule has 9 heteroatoms. The molecule has 184 valence electrons. The normalized spacial score (nSPS) is 13.9. The lowest BCUT2D eigenvalue weighted by molar-refractivity contribution is -0.118. The van der Waals surface area contributed by atoms with Crippen LogP contribution in [-0.4, -0.2) is 32.7 Å². The van der Waals surface area contributed by atoms with Crippen LogP contribution in [0.25, 0.3) is 11.4 Å². The van der Waals surface area contributed by atoms with Crippen LogP contribution in [-0.2, 0) is 24.3 Å². The predicted molar refractivity (Wildman–Crippen MR) is 132 cm³/mol. The molecule has 4 rings (SSSR count). The molecule has 3 amide bonds. The summed E-state index contributed by atoms with van der Waals surface area (Å²) in [4.78, 5) is 25.4. The number of amides is 3. The number of urea groups is 1. The topological polar surface area (TPSA) is 101 Å². The van der Waals surface area contributed by atoms with Gasteiger partial charge in [-0.05, 0) is 49.1 Å². The molecule has 0 fully saturated rings. The van der Waals surface area contributed by atoms with Crippen LogP contribution in [0.5, 0.6) is 0 Å². The van der Waals surface area contributed by atoms with Crippen molar-refractivity contribution in [1.29, 1.82) is 0 Å². The number of anilines is 1. The summed E-state index contributed by atoms with van der Waals surface area (Å²) in [5.74, 6) is 1.19. The number of aryl methyl sites for hydroxylation is 1. The number of rotatable bonds is 8. The molecule has 0 unspecified atom stereocenters. The van der Waals surface area contributed by atoms with E-state index in [4.69, 9.17) is 0 Å². The standard InChI is InChI=1S/C26H31FN6O2/c1-2-7-22(30-26(35)28-17-18-11-13-20(27)14-12-18)25(34)29-21-9-6-8-19(16-21)24-32-31-23-10-4-3-5-15-33(23)24/h6,8-9,11-14,16,22H,2-5,7,10,15,17H2,1H3,(H,29,34)(H2,28,30,35)/t22-/m1/s1. The average molecular weight is 479 g/mol. The summed E-state index contributed by atoms with van der Waals surface area (Å²) >= 11 is 0. The van der Waals surface area contributed by atoms with Crippen molar-refractivity contribution in [3.63, 3.8) is 0 Å². The summed E-state index contributed by atoms with van der Waals surface area (Å²) in [5, 5.41) is 17.2. The number of benzene rings is 2. The lowest BCUT2D eigenvalue weighted by atomic mass is 10.1. The van der Waals surface area contributed by atoms with Crippen LogP contribution in [0, 0.1) is 5.82 Å². The van der Waals surface area contributed by atoms with E-state index in [1.807, 2.05) is 31.2 Å². The van der Waals surface area contributed by atoms with Gasteiger partial charge in [-0.1, -0.05) is 44.0 Å². The minimum atomic E-state index is -0.693. The average Bonchev–Trinajstić information content (AvgIpc) is 3.11. The molecule has 1 aromatic heterocycles. The lowest BCUT2D eigenvalue weighted by Crippen LogP contribution is -2.47. The van der Waals surface area contributed by atoms with Crippen LogP contribution in [0.1, 0.15) is 50.4 Å². The van der Waals surface area contributed by atoms with Crippen LogP contribution < -0.4 is 16.0 Å². The molecule has 1 aliphatic rings. The van der Waals surface area contributed by atoms with E-state index in [0.29, 0.717) is 12.1 Å². The molecule has 35 heavy (non-hydrogen) atoms. The summed E-state index contributed by atoms with van der Waals surface area (Å²) in [6.07, 6.45) is 5.55. The van der Waals surface area contributed by atoms with Crippen molar-refractivity contribution in [1.82, 2.24) is 25.4 Å². The number of halogens is 1. The Balaban J connectivity index is 1.39. The first kappa shape index (κ1) is 24.4. The van der Waals surface area contributed by atoms with Crippen molar-refractivity contribution in [3.8, 4) is 11.4 Å². The molecular weight excluding hydrogens is 447 g/mol. The highest BCUT2D eigenvalue weighted by Crippen LogP contribution is 2.25. The van der Waals surface area contributed by atoms with Gasteiger partial charge in [-0.3, -0.25) is 4.79 Å². The Labute approximate surface area is 204 Å². The largest absolute Gasteiger partial charge is 0.334 e. The van der Waals surface area contributed by atoms with E-state index >= 15 is 0 Å². The molecular formula is C26H31FN6O2. The number of aromatic nitrogens is 3. The van der Waals surface area contributed by atoms with Crippen LogP contribution in [0.4, 0.5) is 14.9 Å². The molecule has 0 saturated heterocycles. The lowest BCUT2D eigenvalue weighted by Gasteiger charge is -2.18. The van der Waals surface area contributed by atoms with E-state index in [0.717, 1.165) is 55.0 Å². The van der Waals surface area contributed by atoms with Crippen LogP contribution in [0.3, 0.4) is 0 Å². The number of carbonyl (C=O) groups is 2. The number of hydrogen-bond acceptors (Lipinski definition) is 4. The molecule has 0 spiro atoms. The Hall–Kier alpha value is -3.75. The van der Waals surface area contributed by atoms with E-state index in [1.165, 1.54) is 18.6 Å². The van der Waals surface area contributed by atoms with Crippen molar-refractivity contribution < 1.29 is 14.0 Å². The van der Waals surface area contributed by atoms with E-state index in [-0.39, 0.29) is 18.3 Å². The maximum atomic E-state index is 13.1. The second-order valence-electron chi connectivity index (χ2n) is 8.77. The number of nitrogens with zero attached hydrogens (tertiary/aromatic N) is 3. The van der Waals surface area contributed by atoms with Crippen molar-refractivity contribution in [2.45, 2.75) is 64.6 Å². The van der Waals surface area contributed by atoms with Gasteiger partial charge in [0.2, 0.25) is 5.91 Å². The van der Waals surface area contributed by atoms with Gasteiger partial charge in [0.15, 0.2) is 5.82 Å². The second kappa shape index (κ2) is 11.6. The first-order valence-corrected chi connectivity index (χ1v) is 12.2. The third kappa shape index (κ3) is 6.44. The van der Waals surface area contributed by atoms with Gasteiger partial charge in [0, 0.05) is 30.8 Å². The van der Waals surface area contributed by atoms with Gasteiger partial charge in [0.05, 0.1) is 0 Å². The van der Waals surface area contributed by atoms with Crippen molar-refractivity contribution in [2.75, 3.05) is 5.32 Å². The van der Waals surface area contributed by atoms with E-state index in [9.17, 15) is 14.0 Å². The van der Waals surface area contributed by atoms with Gasteiger partial charge in [0.1, 0.15) is 17.7 Å². The highest BCUT2D eigenvalue weighted by molar-refractivity contribution is 5.97. The van der Waals surface area contributed by atoms with Crippen LogP contribution >= 0.6 is 0 Å². The molecule has 3 aromatic rings. The van der Waals surface area contributed by atoms with Crippen molar-refractivity contribution >= 4 is 17.6 Å². The fourth-order valence-corrected chi connectivity index (χ4v) is 4.22. The zero-order chi connectivity index (χ0) is 24.6. The highest BCUT2D eigenvalue weighted by atomic mass is 19.1. The van der Waals surface area contributed by atoms with Gasteiger partial charge in [-0.2, -0.15) is 0 Å². The molecule has 2 heterocycles. The molecule has 1 aliphatic heterocycles. The molecule has 1 atom stereocenters. The van der Waals surface area contributed by atoms with Crippen LogP contribution in [0.2, 0.25) is 0 Å². The minimum absolute atomic E-state index is 0.233. The van der Waals surface area contributed by atoms with Gasteiger partial charge in [0.25, 0.3) is 0 Å². The zero-order valence-electron chi connectivity index (χ0n) is 19.9. The monoisotopic (exact) mass is 478 g/mol. The molecule has 3 N–H and O–H groups in total. The molecule has 0 saturated carbocycles. The zero-order valence-corrected chi connectivity index (χ0v) is 19.9. The third-order valence-corrected chi connectivity index (χ3v) is 6.06. The first-order chi connectivity index (χ1) is 17.0. The second-order valence-corrected chi connectivity index (χ2v) is 8.77. The van der Waals surface area contributed by atoms with Gasteiger partial charge >= 0.3 is 6.03 Å². The highest BCUT2D eigenvalue weighted by Gasteiger charge is 2.21. The van der Waals surface area contributed by atoms with Crippen molar-refractivity contribution in [2.24, 2.45) is 0 Å². The van der Waals surface area contributed by atoms with Gasteiger partial charge in [-0.25, -0.2) is 9.18 Å². The number of fused-ring (bicyclic) bond motifs is 1. The number of carbonyl (C=O) groups excluding carboxylic acids is 2. The van der Waals surface area contributed by atoms with Gasteiger partial charge < -0.3 is 20.5 Å². The molecule has 0 radical (unpaired) electrons. The maximum Gasteiger partial charge on any atom is 0.315 e. The van der Waals surface area contributed by atoms with Crippen LogP contribution in [0.15, 0.2) is 48.5 Å². The minimum Gasteiger partial charge on any atom is -0.334 e. The molecule has 0 aliphatic carbocycles. The fraction of sp³-hybridized carbons (Fsp3) is 0.385. The Morgan fingerprint density at radius 1 is 1.09 bits per heavy atom. The predicted octanol–water partition coefficient (Wildman–Crippen LogP) is 4.42. The summed E-state index contributed by atoms with van der Waals surface area (Å²) in [6.45, 7) is 3.08. The summed E-state index contributed by atoms with van der Waals surface area (Å²) in [7, 11) is 0. The summed E-state index contributed by atoms with van der Waals surface area (Å²) in [6, 6.07) is 12.3. The summed E-state index contributed by atoms with van der Waals surface area (Å²) in [5.41, 5.74) is 2.29. The summed E-state index contributed by atoms with van der Waals surface area (Å²) < 4.78 is 15.2. The fourth-order valence-electron chi connectivity index (χ4n) is 4.22. The number of nitrogens with one attached hydrogen (secondary N) is 3. The Morgan fingerprint density at radius 3 is 2.71 bits per heavy atom. The Kier molecular flexibility index (Phi) is 8.07. The SMILES string of the molecule is CCC[C@@H](NC(=O)NCc1ccc(F)cc1)C(=O)Nc1cccc(-c2nnc3n2CCCCC3)c1. The molecule has 8 nitrogen and oxygen atoms in total.